The van der Waals surface area contributed by atoms with E-state index >= 15 is 0 Å². The Labute approximate surface area is 276 Å². The van der Waals surface area contributed by atoms with Crippen molar-refractivity contribution in [3.8, 4) is 34.2 Å². The molecular weight excluding hydrogens is 626 g/mol. The minimum absolute atomic E-state index is 0.0250. The van der Waals surface area contributed by atoms with Crippen molar-refractivity contribution < 1.29 is 33.0 Å². The van der Waals surface area contributed by atoms with Gasteiger partial charge in [0.2, 0.25) is 5.91 Å². The summed E-state index contributed by atoms with van der Waals surface area (Å²) >= 11 is 6.25. The molecule has 0 unspecified atom stereocenters. The first-order chi connectivity index (χ1) is 22.4. The van der Waals surface area contributed by atoms with Gasteiger partial charge in [-0.1, -0.05) is 23.7 Å². The molecule has 1 saturated carbocycles. The van der Waals surface area contributed by atoms with E-state index in [0.717, 1.165) is 0 Å². The molecule has 47 heavy (non-hydrogen) atoms. The van der Waals surface area contributed by atoms with Gasteiger partial charge in [0.05, 0.1) is 12.0 Å². The fourth-order valence-corrected chi connectivity index (χ4v) is 4.85. The van der Waals surface area contributed by atoms with Crippen molar-refractivity contribution in [3.05, 3.63) is 83.3 Å². The van der Waals surface area contributed by atoms with Crippen molar-refractivity contribution in [1.29, 1.82) is 5.26 Å². The number of anilines is 2. The van der Waals surface area contributed by atoms with Crippen molar-refractivity contribution in [3.63, 3.8) is 0 Å². The molecule has 12 nitrogen and oxygen atoms in total. The summed E-state index contributed by atoms with van der Waals surface area (Å²) in [5.74, 6) is -0.649. The maximum Gasteiger partial charge on any atom is 0.408 e. The number of nitrogens with zero attached hydrogens (tertiary/aromatic N) is 2. The number of amides is 3. The number of aromatic nitrogens is 1. The summed E-state index contributed by atoms with van der Waals surface area (Å²) in [6.45, 7) is 5.16. The van der Waals surface area contributed by atoms with Crippen molar-refractivity contribution in [1.82, 2.24) is 10.3 Å². The summed E-state index contributed by atoms with van der Waals surface area (Å²) in [7, 11) is 1.48. The Morgan fingerprint density at radius 2 is 1.83 bits per heavy atom. The summed E-state index contributed by atoms with van der Waals surface area (Å²) in [5.41, 5.74) is 0.490. The lowest BCUT2D eigenvalue weighted by atomic mass is 9.97. The van der Waals surface area contributed by atoms with Gasteiger partial charge in [-0.05, 0) is 87.7 Å². The zero-order valence-electron chi connectivity index (χ0n) is 26.1. The normalized spacial score (nSPS) is 13.2. The average Bonchev–Trinajstić information content (AvgIpc) is 3.58. The molecule has 0 aliphatic heterocycles. The van der Waals surface area contributed by atoms with Gasteiger partial charge in [0, 0.05) is 28.9 Å². The number of alkyl carbamates (subject to hydrolysis) is 1. The third-order valence-corrected chi connectivity index (χ3v) is 7.25. The Kier molecular flexibility index (Phi) is 9.51. The van der Waals surface area contributed by atoms with Crippen LogP contribution in [0.25, 0.3) is 22.4 Å². The first kappa shape index (κ1) is 33.0. The lowest BCUT2D eigenvalue weighted by Crippen LogP contribution is -2.47. The highest BCUT2D eigenvalue weighted by Crippen LogP contribution is 2.39. The van der Waals surface area contributed by atoms with Gasteiger partial charge in [0.25, 0.3) is 5.91 Å². The highest BCUT2D eigenvalue weighted by molar-refractivity contribution is 6.30. The highest BCUT2D eigenvalue weighted by atomic mass is 35.5. The van der Waals surface area contributed by atoms with E-state index in [1.165, 1.54) is 19.4 Å². The number of furan rings is 1. The zero-order chi connectivity index (χ0) is 33.8. The van der Waals surface area contributed by atoms with Crippen LogP contribution in [0.15, 0.2) is 71.3 Å². The number of carbonyl (C=O) groups excluding carboxylic acids is 3. The number of benzene rings is 2. The van der Waals surface area contributed by atoms with Crippen molar-refractivity contribution >= 4 is 41.0 Å². The first-order valence-electron chi connectivity index (χ1n) is 14.6. The maximum atomic E-state index is 13.3. The van der Waals surface area contributed by atoms with E-state index in [4.69, 9.17) is 30.2 Å². The number of pyridine rings is 1. The van der Waals surface area contributed by atoms with Crippen LogP contribution in [-0.4, -0.2) is 47.9 Å². The largest absolute Gasteiger partial charge is 0.467 e. The number of nitrogens with one attached hydrogen (secondary N) is 3. The smallest absolute Gasteiger partial charge is 0.408 e. The molecule has 13 heteroatoms. The number of hydrogen-bond donors (Lipinski definition) is 3. The Morgan fingerprint density at radius 1 is 1.04 bits per heavy atom. The predicted molar refractivity (Wildman–Crippen MR) is 174 cm³/mol. The van der Waals surface area contributed by atoms with E-state index in [9.17, 15) is 19.6 Å². The van der Waals surface area contributed by atoms with Crippen LogP contribution in [0.1, 0.15) is 49.7 Å². The summed E-state index contributed by atoms with van der Waals surface area (Å²) in [5, 5.41) is 19.0. The number of nitriles is 1. The van der Waals surface area contributed by atoms with Crippen molar-refractivity contribution in [2.45, 2.75) is 44.8 Å². The molecule has 2 heterocycles. The summed E-state index contributed by atoms with van der Waals surface area (Å²) in [6.07, 6.45) is 1.59. The molecule has 242 valence electrons. The number of carbonyl (C=O) groups is 3. The van der Waals surface area contributed by atoms with Crippen LogP contribution in [0, 0.1) is 11.3 Å². The molecule has 5 rings (SSSR count). The summed E-state index contributed by atoms with van der Waals surface area (Å²) in [6, 6.07) is 18.7. The molecule has 1 fully saturated rings. The van der Waals surface area contributed by atoms with E-state index in [1.54, 1.807) is 75.4 Å². The SMILES string of the molecule is COCOc1cc(Cl)ccc1-c1cc(-c2cccc(NC(=O)C3(NC(=O)OC(C)(C)C)CC3)c2)c(C#N)c(NC(=O)c2ccco2)n1. The van der Waals surface area contributed by atoms with Crippen LogP contribution in [0.3, 0.4) is 0 Å². The zero-order valence-corrected chi connectivity index (χ0v) is 26.9. The highest BCUT2D eigenvalue weighted by Gasteiger charge is 2.52. The van der Waals surface area contributed by atoms with E-state index < -0.39 is 29.0 Å². The number of ether oxygens (including phenoxy) is 3. The fraction of sp³-hybridized carbons (Fsp3) is 0.265. The molecule has 3 amide bonds. The first-order valence-corrected chi connectivity index (χ1v) is 14.9. The molecule has 1 aliphatic rings. The summed E-state index contributed by atoms with van der Waals surface area (Å²) < 4.78 is 21.4. The van der Waals surface area contributed by atoms with E-state index in [1.807, 2.05) is 0 Å². The van der Waals surface area contributed by atoms with E-state index in [-0.39, 0.29) is 23.9 Å². The molecule has 4 aromatic rings. The molecule has 1 aliphatic carbocycles. The van der Waals surface area contributed by atoms with Crippen LogP contribution >= 0.6 is 11.6 Å². The van der Waals surface area contributed by atoms with Gasteiger partial charge in [-0.15, -0.1) is 0 Å². The second kappa shape index (κ2) is 13.5. The van der Waals surface area contributed by atoms with E-state index in [2.05, 4.69) is 27.0 Å². The van der Waals surface area contributed by atoms with Crippen LogP contribution < -0.4 is 20.7 Å². The van der Waals surface area contributed by atoms with Gasteiger partial charge < -0.3 is 34.6 Å². The van der Waals surface area contributed by atoms with Gasteiger partial charge >= 0.3 is 6.09 Å². The predicted octanol–water partition coefficient (Wildman–Crippen LogP) is 6.76. The number of hydrogen-bond acceptors (Lipinski definition) is 9. The second-order valence-electron chi connectivity index (χ2n) is 11.8. The fourth-order valence-electron chi connectivity index (χ4n) is 4.69. The molecule has 2 aromatic carbocycles. The number of halogens is 1. The van der Waals surface area contributed by atoms with Gasteiger partial charge in [-0.25, -0.2) is 9.78 Å². The minimum atomic E-state index is -1.09. The number of rotatable bonds is 10. The van der Waals surface area contributed by atoms with Gasteiger partial charge in [-0.2, -0.15) is 5.26 Å². The number of methoxy groups -OCH3 is 1. The Hall–Kier alpha value is -5.38. The molecule has 0 radical (unpaired) electrons. The molecular formula is C34H32ClN5O7. The average molecular weight is 658 g/mol. The molecule has 0 bridgehead atoms. The topological polar surface area (TPSA) is 165 Å². The van der Waals surface area contributed by atoms with Gasteiger partial charge in [0.15, 0.2) is 18.4 Å². The van der Waals surface area contributed by atoms with Crippen LogP contribution in [0.5, 0.6) is 5.75 Å². The third kappa shape index (κ3) is 7.89. The molecule has 0 spiro atoms. The van der Waals surface area contributed by atoms with Gasteiger partial charge in [-0.3, -0.25) is 9.59 Å². The van der Waals surface area contributed by atoms with Crippen molar-refractivity contribution in [2.24, 2.45) is 0 Å². The molecule has 0 saturated heterocycles. The third-order valence-electron chi connectivity index (χ3n) is 7.02. The van der Waals surface area contributed by atoms with Crippen LogP contribution in [-0.2, 0) is 14.3 Å². The van der Waals surface area contributed by atoms with E-state index in [0.29, 0.717) is 51.7 Å². The minimum Gasteiger partial charge on any atom is -0.467 e. The summed E-state index contributed by atoms with van der Waals surface area (Å²) in [4.78, 5) is 43.4. The lowest BCUT2D eigenvalue weighted by Gasteiger charge is -2.23. The molecule has 2 aromatic heterocycles. The van der Waals surface area contributed by atoms with Crippen LogP contribution in [0.2, 0.25) is 5.02 Å². The maximum absolute atomic E-state index is 13.3. The Morgan fingerprint density at radius 3 is 2.49 bits per heavy atom. The molecule has 3 N–H and O–H groups in total. The van der Waals surface area contributed by atoms with Crippen LogP contribution in [0.4, 0.5) is 16.3 Å². The Balaban J connectivity index is 1.53. The second-order valence-corrected chi connectivity index (χ2v) is 12.2. The van der Waals surface area contributed by atoms with Crippen molar-refractivity contribution in [2.75, 3.05) is 24.5 Å². The quantitative estimate of drug-likeness (QED) is 0.156. The monoisotopic (exact) mass is 657 g/mol. The standard InChI is InChI=1S/C34H32ClN5O7/c1-33(2,3)47-32(43)40-34(12-13-34)31(42)37-22-8-5-7-20(15-22)24-17-26(23-11-10-21(35)16-28(23)46-19-44-4)38-29(25(24)18-36)39-30(41)27-9-6-14-45-27/h5-11,14-17H,12-13,19H2,1-4H3,(H,37,42)(H,40,43)(H,38,39,41). The molecule has 0 atom stereocenters. The van der Waals surface area contributed by atoms with Gasteiger partial charge in [0.1, 0.15) is 28.5 Å². The lowest BCUT2D eigenvalue weighted by molar-refractivity contribution is -0.119. The Bertz CT molecular complexity index is 1860.